The lowest BCUT2D eigenvalue weighted by Crippen LogP contribution is -2.23. The molecule has 0 bridgehead atoms. The Labute approximate surface area is 151 Å². The first kappa shape index (κ1) is 18.5. The van der Waals surface area contributed by atoms with Gasteiger partial charge in [0.05, 0.1) is 19.8 Å². The number of ether oxygens (including phenoxy) is 2. The Balaban J connectivity index is 1.84. The molecule has 0 aromatic heterocycles. The van der Waals surface area contributed by atoms with Crippen LogP contribution in [0.2, 0.25) is 0 Å². The predicted octanol–water partition coefficient (Wildman–Crippen LogP) is 5.62. The normalized spacial score (nSPS) is 20.5. The Morgan fingerprint density at radius 1 is 1.08 bits per heavy atom. The van der Waals surface area contributed by atoms with Crippen molar-refractivity contribution in [3.63, 3.8) is 0 Å². The highest BCUT2D eigenvalue weighted by molar-refractivity contribution is 5.66. The summed E-state index contributed by atoms with van der Waals surface area (Å²) in [7, 11) is 1.26. The molecule has 2 aromatic rings. The van der Waals surface area contributed by atoms with E-state index in [-0.39, 0.29) is 28.9 Å². The van der Waals surface area contributed by atoms with Crippen LogP contribution in [0, 0.1) is 17.5 Å². The first-order chi connectivity index (χ1) is 12.5. The standard InChI is InChI=1S/C21H21F3O2/c1-3-4-15-7-5-14(12-26-15)16-8-6-13(11-18(16)22)17-9-10-19(25-2)21(24)20(17)23/h3-4,6,8-11,14-15H,5,7,12H2,1-2H3/b4-3+. The third-order valence-electron chi connectivity index (χ3n) is 4.74. The minimum atomic E-state index is -1.08. The number of allylic oxidation sites excluding steroid dienone is 1. The van der Waals surface area contributed by atoms with E-state index >= 15 is 0 Å². The average Bonchev–Trinajstić information content (AvgIpc) is 2.65. The molecule has 2 aromatic carbocycles. The molecule has 2 atom stereocenters. The van der Waals surface area contributed by atoms with E-state index in [2.05, 4.69) is 0 Å². The van der Waals surface area contributed by atoms with Crippen molar-refractivity contribution in [1.82, 2.24) is 0 Å². The van der Waals surface area contributed by atoms with Crippen molar-refractivity contribution in [3.05, 3.63) is 65.5 Å². The average molecular weight is 362 g/mol. The Bertz CT molecular complexity index is 809. The van der Waals surface area contributed by atoms with Gasteiger partial charge in [-0.05, 0) is 49.1 Å². The van der Waals surface area contributed by atoms with E-state index in [0.29, 0.717) is 12.2 Å². The summed E-state index contributed by atoms with van der Waals surface area (Å²) in [6, 6.07) is 7.21. The zero-order valence-corrected chi connectivity index (χ0v) is 14.8. The summed E-state index contributed by atoms with van der Waals surface area (Å²) in [5, 5.41) is 0. The van der Waals surface area contributed by atoms with Gasteiger partial charge in [-0.3, -0.25) is 0 Å². The number of methoxy groups -OCH3 is 1. The molecule has 0 aliphatic carbocycles. The molecule has 0 spiro atoms. The molecule has 1 heterocycles. The van der Waals surface area contributed by atoms with Gasteiger partial charge in [-0.15, -0.1) is 0 Å². The Morgan fingerprint density at radius 2 is 1.88 bits per heavy atom. The molecule has 26 heavy (non-hydrogen) atoms. The van der Waals surface area contributed by atoms with Crippen LogP contribution >= 0.6 is 0 Å². The highest BCUT2D eigenvalue weighted by atomic mass is 19.2. The van der Waals surface area contributed by atoms with Crippen LogP contribution in [-0.2, 0) is 4.74 Å². The first-order valence-corrected chi connectivity index (χ1v) is 8.61. The zero-order chi connectivity index (χ0) is 18.7. The van der Waals surface area contributed by atoms with Crippen LogP contribution in [0.15, 0.2) is 42.5 Å². The summed E-state index contributed by atoms with van der Waals surface area (Å²) in [6.45, 7) is 2.38. The molecule has 138 valence electrons. The van der Waals surface area contributed by atoms with Gasteiger partial charge in [0.25, 0.3) is 0 Å². The Kier molecular flexibility index (Phi) is 5.67. The quantitative estimate of drug-likeness (QED) is 0.658. The molecular weight excluding hydrogens is 341 g/mol. The van der Waals surface area contributed by atoms with Crippen LogP contribution in [0.5, 0.6) is 5.75 Å². The van der Waals surface area contributed by atoms with Gasteiger partial charge in [0.1, 0.15) is 5.82 Å². The highest BCUT2D eigenvalue weighted by Crippen LogP contribution is 2.34. The molecular formula is C21H21F3O2. The second kappa shape index (κ2) is 7.96. The fourth-order valence-corrected chi connectivity index (χ4v) is 3.32. The van der Waals surface area contributed by atoms with E-state index in [1.54, 1.807) is 12.1 Å². The number of hydrogen-bond donors (Lipinski definition) is 0. The summed E-state index contributed by atoms with van der Waals surface area (Å²) < 4.78 is 53.3. The molecule has 1 saturated heterocycles. The minimum absolute atomic E-state index is 0.00166. The topological polar surface area (TPSA) is 18.5 Å². The summed E-state index contributed by atoms with van der Waals surface area (Å²) in [5.41, 5.74) is 0.831. The maximum atomic E-state index is 14.6. The van der Waals surface area contributed by atoms with E-state index in [1.165, 1.54) is 25.3 Å². The van der Waals surface area contributed by atoms with E-state index in [4.69, 9.17) is 9.47 Å². The lowest BCUT2D eigenvalue weighted by molar-refractivity contribution is 0.0319. The molecule has 0 saturated carbocycles. The molecule has 1 fully saturated rings. The van der Waals surface area contributed by atoms with Gasteiger partial charge < -0.3 is 9.47 Å². The number of benzene rings is 2. The van der Waals surface area contributed by atoms with E-state index < -0.39 is 17.5 Å². The van der Waals surface area contributed by atoms with Crippen molar-refractivity contribution in [2.75, 3.05) is 13.7 Å². The molecule has 2 nitrogen and oxygen atoms in total. The summed E-state index contributed by atoms with van der Waals surface area (Å²) in [5.74, 6) is -2.78. The zero-order valence-electron chi connectivity index (χ0n) is 14.8. The van der Waals surface area contributed by atoms with Crippen molar-refractivity contribution in [1.29, 1.82) is 0 Å². The SMILES string of the molecule is C/C=C/C1CCC(c2ccc(-c3ccc(OC)c(F)c3F)cc2F)CO1. The van der Waals surface area contributed by atoms with Crippen molar-refractivity contribution < 1.29 is 22.6 Å². The van der Waals surface area contributed by atoms with Crippen LogP contribution in [0.1, 0.15) is 31.2 Å². The van der Waals surface area contributed by atoms with Crippen molar-refractivity contribution in [2.24, 2.45) is 0 Å². The van der Waals surface area contributed by atoms with Gasteiger partial charge in [0.2, 0.25) is 5.82 Å². The predicted molar refractivity (Wildman–Crippen MR) is 94.8 cm³/mol. The fourth-order valence-electron chi connectivity index (χ4n) is 3.32. The third kappa shape index (κ3) is 3.63. The molecule has 0 amide bonds. The van der Waals surface area contributed by atoms with Gasteiger partial charge >= 0.3 is 0 Å². The van der Waals surface area contributed by atoms with Gasteiger partial charge in [0, 0.05) is 11.5 Å². The number of halogens is 3. The van der Waals surface area contributed by atoms with E-state index in [1.807, 2.05) is 19.1 Å². The summed E-state index contributed by atoms with van der Waals surface area (Å²) >= 11 is 0. The molecule has 0 radical (unpaired) electrons. The number of rotatable bonds is 4. The lowest BCUT2D eigenvalue weighted by atomic mass is 9.89. The van der Waals surface area contributed by atoms with Gasteiger partial charge in [-0.2, -0.15) is 4.39 Å². The lowest BCUT2D eigenvalue weighted by Gasteiger charge is -2.28. The van der Waals surface area contributed by atoms with E-state index in [0.717, 1.165) is 12.8 Å². The minimum Gasteiger partial charge on any atom is -0.494 e. The molecule has 1 aliphatic heterocycles. The fraction of sp³-hybridized carbons (Fsp3) is 0.333. The second-order valence-electron chi connectivity index (χ2n) is 6.35. The van der Waals surface area contributed by atoms with Gasteiger partial charge in [-0.1, -0.05) is 24.3 Å². The molecule has 5 heteroatoms. The van der Waals surface area contributed by atoms with Gasteiger partial charge in [-0.25, -0.2) is 8.78 Å². The van der Waals surface area contributed by atoms with Crippen LogP contribution in [0.4, 0.5) is 13.2 Å². The van der Waals surface area contributed by atoms with E-state index in [9.17, 15) is 13.2 Å². The van der Waals surface area contributed by atoms with Crippen LogP contribution in [0.25, 0.3) is 11.1 Å². The maximum Gasteiger partial charge on any atom is 0.201 e. The highest BCUT2D eigenvalue weighted by Gasteiger charge is 2.24. The molecule has 1 aliphatic rings. The second-order valence-corrected chi connectivity index (χ2v) is 6.35. The molecule has 0 N–H and O–H groups in total. The number of hydrogen-bond acceptors (Lipinski definition) is 2. The van der Waals surface area contributed by atoms with Crippen LogP contribution < -0.4 is 4.74 Å². The first-order valence-electron chi connectivity index (χ1n) is 8.61. The van der Waals surface area contributed by atoms with Gasteiger partial charge in [0.15, 0.2) is 11.6 Å². The summed E-state index contributed by atoms with van der Waals surface area (Å²) in [6.07, 6.45) is 5.67. The largest absolute Gasteiger partial charge is 0.494 e. The summed E-state index contributed by atoms with van der Waals surface area (Å²) in [4.78, 5) is 0. The van der Waals surface area contributed by atoms with Crippen LogP contribution in [0.3, 0.4) is 0 Å². The third-order valence-corrected chi connectivity index (χ3v) is 4.74. The Hall–Kier alpha value is -2.27. The van der Waals surface area contributed by atoms with Crippen molar-refractivity contribution >= 4 is 0 Å². The smallest absolute Gasteiger partial charge is 0.201 e. The van der Waals surface area contributed by atoms with Crippen LogP contribution in [-0.4, -0.2) is 19.8 Å². The monoisotopic (exact) mass is 362 g/mol. The Morgan fingerprint density at radius 3 is 2.50 bits per heavy atom. The molecule has 2 unspecified atom stereocenters. The maximum absolute atomic E-state index is 14.6. The molecule has 3 rings (SSSR count). The van der Waals surface area contributed by atoms with Crippen molar-refractivity contribution in [3.8, 4) is 16.9 Å². The van der Waals surface area contributed by atoms with Crippen molar-refractivity contribution in [2.45, 2.75) is 31.8 Å².